The van der Waals surface area contributed by atoms with Crippen molar-refractivity contribution < 1.29 is 9.13 Å². The van der Waals surface area contributed by atoms with Crippen molar-refractivity contribution >= 4 is 5.96 Å². The summed E-state index contributed by atoms with van der Waals surface area (Å²) in [5.74, 6) is 0.531. The van der Waals surface area contributed by atoms with Crippen LogP contribution < -0.4 is 5.32 Å². The summed E-state index contributed by atoms with van der Waals surface area (Å²) in [6.45, 7) is 1.81. The molecule has 0 aromatic heterocycles. The van der Waals surface area contributed by atoms with Gasteiger partial charge in [0, 0.05) is 34.3 Å². The molecule has 0 spiro atoms. The molecule has 0 bridgehead atoms. The lowest BCUT2D eigenvalue weighted by Crippen LogP contribution is -2.38. The predicted molar refractivity (Wildman–Crippen MR) is 95.2 cm³/mol. The van der Waals surface area contributed by atoms with Crippen molar-refractivity contribution in [2.45, 2.75) is 19.7 Å². The van der Waals surface area contributed by atoms with Gasteiger partial charge in [-0.2, -0.15) is 0 Å². The maximum Gasteiger partial charge on any atom is 0.193 e. The molecule has 0 saturated carbocycles. The first-order chi connectivity index (χ1) is 11.6. The maximum atomic E-state index is 13.3. The molecule has 5 heteroatoms. The van der Waals surface area contributed by atoms with Crippen LogP contribution in [0.1, 0.15) is 16.7 Å². The highest BCUT2D eigenvalue weighted by atomic mass is 19.1. The minimum absolute atomic E-state index is 0.225. The third kappa shape index (κ3) is 5.06. The lowest BCUT2D eigenvalue weighted by molar-refractivity contribution is 0.184. The number of rotatable bonds is 6. The summed E-state index contributed by atoms with van der Waals surface area (Å²) in [6.07, 6.45) is 0. The molecule has 0 fully saturated rings. The Morgan fingerprint density at radius 2 is 1.92 bits per heavy atom. The molecule has 0 radical (unpaired) electrons. The molecule has 0 amide bonds. The van der Waals surface area contributed by atoms with Crippen molar-refractivity contribution in [2.24, 2.45) is 4.99 Å². The smallest absolute Gasteiger partial charge is 0.193 e. The zero-order valence-corrected chi connectivity index (χ0v) is 14.4. The number of nitrogens with zero attached hydrogens (tertiary/aromatic N) is 2. The summed E-state index contributed by atoms with van der Waals surface area (Å²) >= 11 is 0. The molecule has 0 unspecified atom stereocenters. The Kier molecular flexibility index (Phi) is 6.75. The highest BCUT2D eigenvalue weighted by Crippen LogP contribution is 2.10. The van der Waals surface area contributed by atoms with Gasteiger partial charge < -0.3 is 15.0 Å². The second-order valence-electron chi connectivity index (χ2n) is 5.59. The Balaban J connectivity index is 1.99. The van der Waals surface area contributed by atoms with E-state index in [0.29, 0.717) is 19.7 Å². The van der Waals surface area contributed by atoms with Gasteiger partial charge in [-0.05, 0) is 28.8 Å². The second kappa shape index (κ2) is 9.03. The van der Waals surface area contributed by atoms with Crippen molar-refractivity contribution in [3.63, 3.8) is 0 Å². The van der Waals surface area contributed by atoms with Gasteiger partial charge in [-0.3, -0.25) is 4.99 Å². The average Bonchev–Trinajstić information content (AvgIpc) is 2.57. The van der Waals surface area contributed by atoms with E-state index in [1.807, 2.05) is 30.1 Å². The van der Waals surface area contributed by atoms with Crippen molar-refractivity contribution in [3.05, 3.63) is 71.0 Å². The number of methoxy groups -OCH3 is 1. The number of halogens is 1. The molecule has 0 heterocycles. The Morgan fingerprint density at radius 3 is 2.58 bits per heavy atom. The highest BCUT2D eigenvalue weighted by molar-refractivity contribution is 5.79. The Hall–Kier alpha value is -2.40. The molecule has 2 rings (SSSR count). The van der Waals surface area contributed by atoms with Crippen molar-refractivity contribution in [1.29, 1.82) is 0 Å². The van der Waals surface area contributed by atoms with Crippen molar-refractivity contribution in [3.8, 4) is 0 Å². The van der Waals surface area contributed by atoms with E-state index < -0.39 is 0 Å². The molecule has 0 aliphatic heterocycles. The Morgan fingerprint density at radius 1 is 1.17 bits per heavy atom. The van der Waals surface area contributed by atoms with Gasteiger partial charge in [-0.15, -0.1) is 0 Å². The summed E-state index contributed by atoms with van der Waals surface area (Å²) < 4.78 is 18.5. The molecule has 0 saturated heterocycles. The summed E-state index contributed by atoms with van der Waals surface area (Å²) in [5, 5.41) is 3.35. The minimum Gasteiger partial charge on any atom is -0.380 e. The van der Waals surface area contributed by atoms with Gasteiger partial charge in [0.05, 0.1) is 6.61 Å². The molecule has 1 N–H and O–H groups in total. The lowest BCUT2D eigenvalue weighted by atomic mass is 10.1. The van der Waals surface area contributed by atoms with E-state index in [0.717, 1.165) is 17.1 Å². The van der Waals surface area contributed by atoms with Crippen LogP contribution in [-0.2, 0) is 24.4 Å². The molecule has 0 aliphatic rings. The van der Waals surface area contributed by atoms with Crippen LogP contribution >= 0.6 is 0 Å². The molecular formula is C19H24FN3O. The van der Waals surface area contributed by atoms with Crippen LogP contribution in [0.4, 0.5) is 4.39 Å². The fraction of sp³-hybridized carbons (Fsp3) is 0.316. The topological polar surface area (TPSA) is 36.9 Å². The first-order valence-corrected chi connectivity index (χ1v) is 7.86. The largest absolute Gasteiger partial charge is 0.380 e. The van der Waals surface area contributed by atoms with Crippen molar-refractivity contribution in [1.82, 2.24) is 10.2 Å². The highest BCUT2D eigenvalue weighted by Gasteiger charge is 2.08. The van der Waals surface area contributed by atoms with Crippen LogP contribution in [0.25, 0.3) is 0 Å². The van der Waals surface area contributed by atoms with Crippen LogP contribution in [0.5, 0.6) is 0 Å². The number of hydrogen-bond donors (Lipinski definition) is 1. The van der Waals surface area contributed by atoms with Crippen LogP contribution in [0.3, 0.4) is 0 Å². The third-order valence-electron chi connectivity index (χ3n) is 3.74. The summed E-state index contributed by atoms with van der Waals surface area (Å²) in [6, 6.07) is 14.7. The monoisotopic (exact) mass is 329 g/mol. The van der Waals surface area contributed by atoms with E-state index in [4.69, 9.17) is 4.74 Å². The Labute approximate surface area is 143 Å². The fourth-order valence-electron chi connectivity index (χ4n) is 2.57. The standard InChI is InChI=1S/C19H24FN3O/c1-21-19(23(2)13-15-7-6-10-18(20)11-15)22-12-16-8-4-5-9-17(16)14-24-3/h4-11H,12-14H2,1-3H3,(H,21,22). The number of hydrogen-bond acceptors (Lipinski definition) is 2. The minimum atomic E-state index is -0.225. The van der Waals surface area contributed by atoms with Crippen LogP contribution in [0, 0.1) is 5.82 Å². The lowest BCUT2D eigenvalue weighted by Gasteiger charge is -2.22. The van der Waals surface area contributed by atoms with Crippen LogP contribution in [0.2, 0.25) is 0 Å². The summed E-state index contributed by atoms with van der Waals surface area (Å²) in [5.41, 5.74) is 3.22. The van der Waals surface area contributed by atoms with Gasteiger partial charge in [0.2, 0.25) is 0 Å². The molecule has 128 valence electrons. The number of guanidine groups is 1. The number of nitrogens with one attached hydrogen (secondary N) is 1. The van der Waals surface area contributed by atoms with Gasteiger partial charge in [0.25, 0.3) is 0 Å². The SMILES string of the molecule is CN=C(NCc1ccccc1COC)N(C)Cc1cccc(F)c1. The van der Waals surface area contributed by atoms with Gasteiger partial charge >= 0.3 is 0 Å². The fourth-order valence-corrected chi connectivity index (χ4v) is 2.57. The van der Waals surface area contributed by atoms with E-state index in [1.54, 1.807) is 20.2 Å². The number of ether oxygens (including phenoxy) is 1. The zero-order valence-electron chi connectivity index (χ0n) is 14.4. The Bertz CT molecular complexity index is 688. The molecule has 2 aromatic rings. The summed E-state index contributed by atoms with van der Waals surface area (Å²) in [7, 11) is 5.36. The molecule has 2 aromatic carbocycles. The number of benzene rings is 2. The van der Waals surface area contributed by atoms with Gasteiger partial charge in [0.15, 0.2) is 5.96 Å². The van der Waals surface area contributed by atoms with Gasteiger partial charge in [-0.25, -0.2) is 4.39 Å². The maximum absolute atomic E-state index is 13.3. The van der Waals surface area contributed by atoms with Crippen molar-refractivity contribution in [2.75, 3.05) is 21.2 Å². The normalized spacial score (nSPS) is 11.4. The third-order valence-corrected chi connectivity index (χ3v) is 3.74. The van der Waals surface area contributed by atoms with E-state index in [2.05, 4.69) is 22.4 Å². The zero-order chi connectivity index (χ0) is 17.4. The quantitative estimate of drug-likeness (QED) is 0.653. The molecule has 0 atom stereocenters. The van der Waals surface area contributed by atoms with Gasteiger partial charge in [-0.1, -0.05) is 36.4 Å². The number of aliphatic imine (C=N–C) groups is 1. The van der Waals surface area contributed by atoms with Gasteiger partial charge in [0.1, 0.15) is 5.82 Å². The second-order valence-corrected chi connectivity index (χ2v) is 5.59. The first-order valence-electron chi connectivity index (χ1n) is 7.86. The van der Waals surface area contributed by atoms with E-state index in [1.165, 1.54) is 17.7 Å². The first kappa shape index (κ1) is 17.9. The predicted octanol–water partition coefficient (Wildman–Crippen LogP) is 3.18. The molecule has 0 aliphatic carbocycles. The van der Waals surface area contributed by atoms with Crippen LogP contribution in [-0.4, -0.2) is 32.1 Å². The molecular weight excluding hydrogens is 305 g/mol. The van der Waals surface area contributed by atoms with E-state index in [9.17, 15) is 4.39 Å². The van der Waals surface area contributed by atoms with E-state index >= 15 is 0 Å². The summed E-state index contributed by atoms with van der Waals surface area (Å²) in [4.78, 5) is 6.27. The van der Waals surface area contributed by atoms with Crippen LogP contribution in [0.15, 0.2) is 53.5 Å². The van der Waals surface area contributed by atoms with E-state index in [-0.39, 0.29) is 5.82 Å². The molecule has 4 nitrogen and oxygen atoms in total. The average molecular weight is 329 g/mol. The molecule has 24 heavy (non-hydrogen) atoms.